The van der Waals surface area contributed by atoms with Gasteiger partial charge in [0.2, 0.25) is 0 Å². The molecule has 0 bridgehead atoms. The third-order valence-corrected chi connectivity index (χ3v) is 5.92. The first-order valence-electron chi connectivity index (χ1n) is 11.4. The maximum Gasteiger partial charge on any atom is 0.329 e. The number of aryl methyl sites for hydroxylation is 2. The van der Waals surface area contributed by atoms with Crippen molar-refractivity contribution in [2.75, 3.05) is 31.5 Å². The van der Waals surface area contributed by atoms with E-state index in [1.54, 1.807) is 36.4 Å². The van der Waals surface area contributed by atoms with Gasteiger partial charge in [0.1, 0.15) is 5.75 Å². The Morgan fingerprint density at radius 2 is 1.63 bits per heavy atom. The van der Waals surface area contributed by atoms with Crippen LogP contribution in [0.5, 0.6) is 17.2 Å². The predicted octanol–water partition coefficient (Wildman–Crippen LogP) is 4.19. The fourth-order valence-corrected chi connectivity index (χ4v) is 3.83. The topological polar surface area (TPSA) is 127 Å². The van der Waals surface area contributed by atoms with E-state index in [9.17, 15) is 14.4 Å². The summed E-state index contributed by atoms with van der Waals surface area (Å²) >= 11 is 3.41. The molecule has 11 heteroatoms. The first kappa shape index (κ1) is 28.2. The van der Waals surface area contributed by atoms with Crippen LogP contribution in [0.15, 0.2) is 64.2 Å². The van der Waals surface area contributed by atoms with Crippen LogP contribution in [0.2, 0.25) is 0 Å². The fourth-order valence-electron chi connectivity index (χ4n) is 3.25. The lowest BCUT2D eigenvalue weighted by molar-refractivity contribution is -0.136. The molecule has 0 aliphatic rings. The van der Waals surface area contributed by atoms with Crippen LogP contribution in [0.1, 0.15) is 16.7 Å². The summed E-state index contributed by atoms with van der Waals surface area (Å²) < 4.78 is 16.7. The minimum absolute atomic E-state index is 0.243. The molecule has 38 heavy (non-hydrogen) atoms. The average Bonchev–Trinajstić information content (AvgIpc) is 2.90. The van der Waals surface area contributed by atoms with Crippen molar-refractivity contribution >= 4 is 51.2 Å². The van der Waals surface area contributed by atoms with Crippen LogP contribution < -0.4 is 30.3 Å². The van der Waals surface area contributed by atoms with Gasteiger partial charge in [-0.3, -0.25) is 14.4 Å². The normalized spacial score (nSPS) is 10.6. The van der Waals surface area contributed by atoms with E-state index in [4.69, 9.17) is 14.2 Å². The Bertz CT molecular complexity index is 1380. The number of para-hydroxylation sites is 2. The monoisotopic (exact) mass is 582 g/mol. The van der Waals surface area contributed by atoms with Crippen molar-refractivity contribution in [3.8, 4) is 17.2 Å². The minimum atomic E-state index is -0.965. The molecule has 0 spiro atoms. The van der Waals surface area contributed by atoms with E-state index in [0.29, 0.717) is 38.7 Å². The van der Waals surface area contributed by atoms with Crippen molar-refractivity contribution < 1.29 is 28.6 Å². The highest BCUT2D eigenvalue weighted by molar-refractivity contribution is 9.10. The summed E-state index contributed by atoms with van der Waals surface area (Å²) in [6.07, 6.45) is 1.33. The molecule has 3 aromatic carbocycles. The summed E-state index contributed by atoms with van der Waals surface area (Å²) in [7, 11) is 2.91. The molecule has 198 valence electrons. The molecule has 0 radical (unpaired) electrons. The van der Waals surface area contributed by atoms with E-state index in [-0.39, 0.29) is 12.5 Å². The smallest absolute Gasteiger partial charge is 0.329 e. The molecule has 0 aliphatic heterocycles. The van der Waals surface area contributed by atoms with Gasteiger partial charge in [-0.2, -0.15) is 5.10 Å². The molecule has 0 fully saturated rings. The molecular formula is C27H27BrN4O6. The summed E-state index contributed by atoms with van der Waals surface area (Å²) in [4.78, 5) is 36.7. The third kappa shape index (κ3) is 7.56. The first-order valence-corrected chi connectivity index (χ1v) is 12.2. The van der Waals surface area contributed by atoms with E-state index < -0.39 is 11.8 Å². The standard InChI is InChI=1S/C27H27BrN4O6/c1-16-9-10-19(11-17(16)2)30-24(33)15-38-25-20(28)12-18(13-23(25)37-4)14-29-32-27(35)26(34)31-21-7-5-6-8-22(21)36-3/h5-14H,15H2,1-4H3,(H,30,33)(H,31,34)(H,32,35)/b29-14+. The van der Waals surface area contributed by atoms with E-state index in [1.807, 2.05) is 32.0 Å². The van der Waals surface area contributed by atoms with E-state index in [0.717, 1.165) is 11.1 Å². The largest absolute Gasteiger partial charge is 0.495 e. The molecule has 3 N–H and O–H groups in total. The molecule has 3 aromatic rings. The number of hydrazone groups is 1. The number of methoxy groups -OCH3 is 2. The maximum absolute atomic E-state index is 12.4. The highest BCUT2D eigenvalue weighted by Gasteiger charge is 2.16. The molecule has 3 rings (SSSR count). The zero-order valence-corrected chi connectivity index (χ0v) is 22.8. The fraction of sp³-hybridized carbons (Fsp3) is 0.185. The van der Waals surface area contributed by atoms with Crippen molar-refractivity contribution in [2.45, 2.75) is 13.8 Å². The molecule has 0 saturated carbocycles. The predicted molar refractivity (Wildman–Crippen MR) is 148 cm³/mol. The lowest BCUT2D eigenvalue weighted by Gasteiger charge is -2.14. The van der Waals surface area contributed by atoms with E-state index in [2.05, 4.69) is 37.1 Å². The van der Waals surface area contributed by atoms with Crippen LogP contribution in [0.25, 0.3) is 0 Å². The maximum atomic E-state index is 12.4. The van der Waals surface area contributed by atoms with Crippen LogP contribution in [-0.2, 0) is 14.4 Å². The number of carbonyl (C=O) groups is 3. The van der Waals surface area contributed by atoms with Crippen molar-refractivity contribution in [3.63, 3.8) is 0 Å². The zero-order valence-electron chi connectivity index (χ0n) is 21.3. The minimum Gasteiger partial charge on any atom is -0.495 e. The number of anilines is 2. The SMILES string of the molecule is COc1ccccc1NC(=O)C(=O)N/N=C/c1cc(Br)c(OCC(=O)Nc2ccc(C)c(C)c2)c(OC)c1. The molecule has 10 nitrogen and oxygen atoms in total. The molecule has 0 atom stereocenters. The molecular weight excluding hydrogens is 556 g/mol. The number of ether oxygens (including phenoxy) is 3. The highest BCUT2D eigenvalue weighted by atomic mass is 79.9. The number of hydrogen-bond donors (Lipinski definition) is 3. The molecule has 0 aliphatic carbocycles. The number of amides is 3. The number of nitrogens with one attached hydrogen (secondary N) is 3. The Labute approximate surface area is 228 Å². The van der Waals surface area contributed by atoms with Gasteiger partial charge < -0.3 is 24.8 Å². The second-order valence-electron chi connectivity index (χ2n) is 8.02. The van der Waals surface area contributed by atoms with Gasteiger partial charge in [-0.25, -0.2) is 5.43 Å². The molecule has 0 aromatic heterocycles. The average molecular weight is 583 g/mol. The van der Waals surface area contributed by atoms with Crippen LogP contribution in [0.3, 0.4) is 0 Å². The summed E-state index contributed by atoms with van der Waals surface area (Å²) in [5.41, 5.74) is 5.93. The molecule has 0 saturated heterocycles. The van der Waals surface area contributed by atoms with Gasteiger partial charge in [0.15, 0.2) is 18.1 Å². The Kier molecular flexibility index (Phi) is 9.83. The van der Waals surface area contributed by atoms with Gasteiger partial charge in [-0.1, -0.05) is 18.2 Å². The van der Waals surface area contributed by atoms with Gasteiger partial charge in [-0.05, 0) is 82.9 Å². The summed E-state index contributed by atoms with van der Waals surface area (Å²) in [6, 6.07) is 15.6. The van der Waals surface area contributed by atoms with Crippen LogP contribution in [0.4, 0.5) is 11.4 Å². The van der Waals surface area contributed by atoms with Gasteiger partial charge in [0, 0.05) is 5.69 Å². The third-order valence-electron chi connectivity index (χ3n) is 5.33. The van der Waals surface area contributed by atoms with Gasteiger partial charge in [0.05, 0.1) is 30.6 Å². The Morgan fingerprint density at radius 1 is 0.895 bits per heavy atom. The Morgan fingerprint density at radius 3 is 2.34 bits per heavy atom. The first-order chi connectivity index (χ1) is 18.2. The zero-order chi connectivity index (χ0) is 27.7. The highest BCUT2D eigenvalue weighted by Crippen LogP contribution is 2.36. The summed E-state index contributed by atoms with van der Waals surface area (Å²) in [6.45, 7) is 3.72. The number of hydrogen-bond acceptors (Lipinski definition) is 7. The lowest BCUT2D eigenvalue weighted by atomic mass is 10.1. The molecule has 0 heterocycles. The van der Waals surface area contributed by atoms with E-state index in [1.165, 1.54) is 20.4 Å². The number of nitrogens with zero attached hydrogens (tertiary/aromatic N) is 1. The second kappa shape index (κ2) is 13.2. The summed E-state index contributed by atoms with van der Waals surface area (Å²) in [5.74, 6) is -1.14. The Balaban J connectivity index is 1.59. The number of rotatable bonds is 9. The van der Waals surface area contributed by atoms with Crippen molar-refractivity contribution in [2.24, 2.45) is 5.10 Å². The summed E-state index contributed by atoms with van der Waals surface area (Å²) in [5, 5.41) is 9.09. The van der Waals surface area contributed by atoms with E-state index >= 15 is 0 Å². The number of carbonyl (C=O) groups excluding carboxylic acids is 3. The quantitative estimate of drug-likeness (QED) is 0.197. The van der Waals surface area contributed by atoms with Crippen LogP contribution in [-0.4, -0.2) is 44.8 Å². The Hall–Kier alpha value is -4.38. The number of benzene rings is 3. The van der Waals surface area contributed by atoms with Gasteiger partial charge in [0.25, 0.3) is 5.91 Å². The van der Waals surface area contributed by atoms with Gasteiger partial charge in [-0.15, -0.1) is 0 Å². The molecule has 0 unspecified atom stereocenters. The van der Waals surface area contributed by atoms with Crippen molar-refractivity contribution in [3.05, 3.63) is 75.8 Å². The second-order valence-corrected chi connectivity index (χ2v) is 8.88. The van der Waals surface area contributed by atoms with Gasteiger partial charge >= 0.3 is 11.8 Å². The molecule has 3 amide bonds. The van der Waals surface area contributed by atoms with Crippen LogP contribution >= 0.6 is 15.9 Å². The van der Waals surface area contributed by atoms with Crippen molar-refractivity contribution in [1.82, 2.24) is 5.43 Å². The lowest BCUT2D eigenvalue weighted by Crippen LogP contribution is -2.32. The van der Waals surface area contributed by atoms with Crippen molar-refractivity contribution in [1.29, 1.82) is 0 Å². The van der Waals surface area contributed by atoms with Crippen LogP contribution in [0, 0.1) is 13.8 Å². The number of halogens is 1.